The van der Waals surface area contributed by atoms with Gasteiger partial charge in [0.25, 0.3) is 0 Å². The molecule has 2 heterocycles. The molecule has 3 rings (SSSR count). The standard InChI is InChI=1S/C11H7ClFN3/c1-2-11(3-4-11)9-5-7(13)8-6-14-10(12)15-16(8)9/h1,5-6H,3-4H2. The molecule has 80 valence electrons. The molecule has 0 radical (unpaired) electrons. The fourth-order valence-electron chi connectivity index (χ4n) is 1.87. The van der Waals surface area contributed by atoms with Crippen LogP contribution >= 0.6 is 11.6 Å². The number of aromatic nitrogens is 3. The van der Waals surface area contributed by atoms with Crippen LogP contribution < -0.4 is 0 Å². The molecule has 0 amide bonds. The molecule has 1 aliphatic rings. The van der Waals surface area contributed by atoms with Gasteiger partial charge in [-0.2, -0.15) is 0 Å². The lowest BCUT2D eigenvalue weighted by Crippen LogP contribution is -2.09. The van der Waals surface area contributed by atoms with Gasteiger partial charge in [0.15, 0.2) is 5.82 Å². The van der Waals surface area contributed by atoms with E-state index in [0.29, 0.717) is 11.2 Å². The molecule has 0 unspecified atom stereocenters. The second kappa shape index (κ2) is 2.96. The average Bonchev–Trinajstić information content (AvgIpc) is 3.00. The predicted molar refractivity (Wildman–Crippen MR) is 57.7 cm³/mol. The molecule has 0 atom stereocenters. The molecule has 2 aromatic rings. The zero-order valence-electron chi connectivity index (χ0n) is 8.24. The number of hydrogen-bond acceptors (Lipinski definition) is 2. The van der Waals surface area contributed by atoms with Crippen LogP contribution in [-0.4, -0.2) is 14.6 Å². The maximum Gasteiger partial charge on any atom is 0.241 e. The van der Waals surface area contributed by atoms with E-state index in [4.69, 9.17) is 18.0 Å². The van der Waals surface area contributed by atoms with E-state index in [1.165, 1.54) is 16.8 Å². The maximum atomic E-state index is 13.6. The summed E-state index contributed by atoms with van der Waals surface area (Å²) in [5.41, 5.74) is 0.623. The second-order valence-corrected chi connectivity index (χ2v) is 4.27. The van der Waals surface area contributed by atoms with Gasteiger partial charge < -0.3 is 0 Å². The molecule has 2 aromatic heterocycles. The molecule has 0 saturated heterocycles. The summed E-state index contributed by atoms with van der Waals surface area (Å²) in [6.45, 7) is 0. The van der Waals surface area contributed by atoms with Crippen molar-refractivity contribution >= 4 is 17.1 Å². The van der Waals surface area contributed by atoms with Gasteiger partial charge in [0.05, 0.1) is 17.3 Å². The molecule has 0 aliphatic heterocycles. The molecule has 3 nitrogen and oxygen atoms in total. The van der Waals surface area contributed by atoms with Crippen molar-refractivity contribution in [3.05, 3.63) is 29.1 Å². The third-order valence-corrected chi connectivity index (χ3v) is 3.13. The minimum absolute atomic E-state index is 0.0807. The molecule has 0 aromatic carbocycles. The van der Waals surface area contributed by atoms with E-state index < -0.39 is 0 Å². The number of hydrogen-bond donors (Lipinski definition) is 0. The number of rotatable bonds is 1. The Hall–Kier alpha value is -1.60. The van der Waals surface area contributed by atoms with Crippen molar-refractivity contribution < 1.29 is 4.39 Å². The quantitative estimate of drug-likeness (QED) is 0.710. The number of fused-ring (bicyclic) bond motifs is 1. The molecule has 0 spiro atoms. The van der Waals surface area contributed by atoms with Crippen molar-refractivity contribution in [1.82, 2.24) is 14.6 Å². The Balaban J connectivity index is 2.34. The van der Waals surface area contributed by atoms with Crippen LogP contribution in [0.15, 0.2) is 12.3 Å². The monoisotopic (exact) mass is 235 g/mol. The van der Waals surface area contributed by atoms with E-state index in [1.807, 2.05) is 0 Å². The minimum atomic E-state index is -0.370. The zero-order valence-corrected chi connectivity index (χ0v) is 9.00. The first-order chi connectivity index (χ1) is 7.66. The summed E-state index contributed by atoms with van der Waals surface area (Å²) in [5.74, 6) is 2.34. The summed E-state index contributed by atoms with van der Waals surface area (Å²) >= 11 is 5.70. The van der Waals surface area contributed by atoms with Crippen LogP contribution in [0, 0.1) is 18.2 Å². The summed E-state index contributed by atoms with van der Waals surface area (Å²) in [6.07, 6.45) is 8.55. The van der Waals surface area contributed by atoms with Gasteiger partial charge in [-0.15, -0.1) is 11.5 Å². The second-order valence-electron chi connectivity index (χ2n) is 3.93. The number of terminal acetylenes is 1. The van der Waals surface area contributed by atoms with Crippen LogP contribution in [0.1, 0.15) is 18.5 Å². The molecule has 5 heteroatoms. The van der Waals surface area contributed by atoms with Crippen LogP contribution in [0.2, 0.25) is 5.28 Å². The predicted octanol–water partition coefficient (Wildman–Crippen LogP) is 2.19. The third-order valence-electron chi connectivity index (χ3n) is 2.96. The lowest BCUT2D eigenvalue weighted by atomic mass is 10.0. The van der Waals surface area contributed by atoms with E-state index in [-0.39, 0.29) is 16.5 Å². The molecule has 1 fully saturated rings. The largest absolute Gasteiger partial charge is 0.241 e. The number of halogens is 2. The lowest BCUT2D eigenvalue weighted by molar-refractivity contribution is 0.638. The summed E-state index contributed by atoms with van der Waals surface area (Å²) in [6, 6.07) is 1.42. The molecule has 1 saturated carbocycles. The molecule has 1 aliphatic carbocycles. The first-order valence-corrected chi connectivity index (χ1v) is 5.22. The highest BCUT2D eigenvalue weighted by Crippen LogP contribution is 2.48. The van der Waals surface area contributed by atoms with Crippen LogP contribution in [0.3, 0.4) is 0 Å². The van der Waals surface area contributed by atoms with Crippen molar-refractivity contribution in [1.29, 1.82) is 0 Å². The SMILES string of the molecule is C#CC1(c2cc(F)c3cnc(Cl)nn23)CC1. The van der Waals surface area contributed by atoms with Gasteiger partial charge in [-0.25, -0.2) is 13.9 Å². The van der Waals surface area contributed by atoms with Crippen LogP contribution in [0.5, 0.6) is 0 Å². The molecule has 16 heavy (non-hydrogen) atoms. The van der Waals surface area contributed by atoms with Gasteiger partial charge in [-0.1, -0.05) is 5.92 Å². The van der Waals surface area contributed by atoms with Gasteiger partial charge in [-0.3, -0.25) is 0 Å². The number of nitrogens with zero attached hydrogens (tertiary/aromatic N) is 3. The van der Waals surface area contributed by atoms with Crippen molar-refractivity contribution in [2.45, 2.75) is 18.3 Å². The van der Waals surface area contributed by atoms with E-state index in [2.05, 4.69) is 16.0 Å². The Morgan fingerprint density at radius 1 is 1.56 bits per heavy atom. The van der Waals surface area contributed by atoms with Gasteiger partial charge in [0.2, 0.25) is 5.28 Å². The molecule has 0 bridgehead atoms. The van der Waals surface area contributed by atoms with E-state index in [1.54, 1.807) is 0 Å². The topological polar surface area (TPSA) is 30.2 Å². The summed E-state index contributed by atoms with van der Waals surface area (Å²) in [5, 5.41) is 4.07. The Kier molecular flexibility index (Phi) is 1.78. The Morgan fingerprint density at radius 3 is 2.94 bits per heavy atom. The van der Waals surface area contributed by atoms with Crippen molar-refractivity contribution in [2.75, 3.05) is 0 Å². The van der Waals surface area contributed by atoms with Crippen molar-refractivity contribution in [3.63, 3.8) is 0 Å². The molecular formula is C11H7ClFN3. The van der Waals surface area contributed by atoms with Crippen LogP contribution in [0.25, 0.3) is 5.52 Å². The van der Waals surface area contributed by atoms with Crippen molar-refractivity contribution in [3.8, 4) is 12.3 Å². The fourth-order valence-corrected chi connectivity index (χ4v) is 2.00. The molecular weight excluding hydrogens is 229 g/mol. The van der Waals surface area contributed by atoms with E-state index in [9.17, 15) is 4.39 Å². The highest BCUT2D eigenvalue weighted by molar-refractivity contribution is 6.28. The lowest BCUT2D eigenvalue weighted by Gasteiger charge is -2.06. The zero-order chi connectivity index (χ0) is 11.3. The average molecular weight is 236 g/mol. The first-order valence-electron chi connectivity index (χ1n) is 4.84. The fraction of sp³-hybridized carbons (Fsp3) is 0.273. The van der Waals surface area contributed by atoms with Gasteiger partial charge >= 0.3 is 0 Å². The summed E-state index contributed by atoms with van der Waals surface area (Å²) < 4.78 is 15.1. The smallest absolute Gasteiger partial charge is 0.229 e. The highest BCUT2D eigenvalue weighted by Gasteiger charge is 2.45. The first kappa shape index (κ1) is 9.61. The van der Waals surface area contributed by atoms with Crippen LogP contribution in [0.4, 0.5) is 4.39 Å². The van der Waals surface area contributed by atoms with Crippen molar-refractivity contribution in [2.24, 2.45) is 0 Å². The van der Waals surface area contributed by atoms with E-state index in [0.717, 1.165) is 12.8 Å². The van der Waals surface area contributed by atoms with E-state index >= 15 is 0 Å². The Morgan fingerprint density at radius 2 is 2.31 bits per heavy atom. The summed E-state index contributed by atoms with van der Waals surface area (Å²) in [7, 11) is 0. The van der Waals surface area contributed by atoms with Crippen LogP contribution in [-0.2, 0) is 5.41 Å². The molecule has 0 N–H and O–H groups in total. The van der Waals surface area contributed by atoms with Gasteiger partial charge in [-0.05, 0) is 30.5 Å². The normalized spacial score (nSPS) is 17.3. The maximum absolute atomic E-state index is 13.6. The van der Waals surface area contributed by atoms with Gasteiger partial charge in [0.1, 0.15) is 5.52 Å². The Labute approximate surface area is 96.2 Å². The summed E-state index contributed by atoms with van der Waals surface area (Å²) in [4.78, 5) is 3.75. The Bertz CT molecular complexity index is 622. The highest BCUT2D eigenvalue weighted by atomic mass is 35.5. The third kappa shape index (κ3) is 1.15. The minimum Gasteiger partial charge on any atom is -0.229 e. The van der Waals surface area contributed by atoms with Gasteiger partial charge in [0, 0.05) is 0 Å².